The number of amides is 1. The molecule has 0 unspecified atom stereocenters. The van der Waals surface area contributed by atoms with Crippen molar-refractivity contribution < 1.29 is 14.7 Å². The molecule has 0 atom stereocenters. The molecular formula is C15H27NO3. The number of hydrogen-bond donors (Lipinski definition) is 1. The molecule has 0 aromatic carbocycles. The third kappa shape index (κ3) is 6.08. The van der Waals surface area contributed by atoms with Crippen LogP contribution in [0.4, 0.5) is 0 Å². The van der Waals surface area contributed by atoms with Gasteiger partial charge in [0.05, 0.1) is 6.42 Å². The van der Waals surface area contributed by atoms with Gasteiger partial charge >= 0.3 is 5.97 Å². The zero-order valence-corrected chi connectivity index (χ0v) is 12.4. The fraction of sp³-hybridized carbons (Fsp3) is 0.867. The molecule has 1 aliphatic rings. The van der Waals surface area contributed by atoms with E-state index in [4.69, 9.17) is 5.11 Å². The van der Waals surface area contributed by atoms with Crippen LogP contribution in [0, 0.1) is 11.3 Å². The monoisotopic (exact) mass is 269 g/mol. The van der Waals surface area contributed by atoms with Crippen LogP contribution in [-0.4, -0.2) is 35.5 Å². The fourth-order valence-corrected chi connectivity index (χ4v) is 2.88. The Balaban J connectivity index is 2.40. The molecular weight excluding hydrogens is 242 g/mol. The minimum absolute atomic E-state index is 0.0377. The third-order valence-corrected chi connectivity index (χ3v) is 3.94. The molecule has 1 aliphatic carbocycles. The lowest BCUT2D eigenvalue weighted by Gasteiger charge is -2.29. The second-order valence-corrected chi connectivity index (χ2v) is 6.69. The van der Waals surface area contributed by atoms with Gasteiger partial charge in [-0.05, 0) is 24.2 Å². The first-order chi connectivity index (χ1) is 8.80. The lowest BCUT2D eigenvalue weighted by Crippen LogP contribution is -2.35. The molecule has 0 spiro atoms. The maximum atomic E-state index is 12.1. The number of carboxylic acids is 1. The van der Waals surface area contributed by atoms with Crippen molar-refractivity contribution in [3.63, 3.8) is 0 Å². The number of hydrogen-bond acceptors (Lipinski definition) is 2. The first kappa shape index (κ1) is 16.0. The number of carbonyl (C=O) groups is 2. The maximum Gasteiger partial charge on any atom is 0.303 e. The van der Waals surface area contributed by atoms with Crippen LogP contribution in [0.3, 0.4) is 0 Å². The summed E-state index contributed by atoms with van der Waals surface area (Å²) >= 11 is 0. The highest BCUT2D eigenvalue weighted by Gasteiger charge is 2.27. The molecule has 0 aliphatic heterocycles. The molecule has 0 aromatic rings. The molecule has 1 saturated carbocycles. The van der Waals surface area contributed by atoms with Crippen molar-refractivity contribution in [1.82, 2.24) is 4.90 Å². The van der Waals surface area contributed by atoms with Crippen LogP contribution >= 0.6 is 0 Å². The average molecular weight is 269 g/mol. The molecule has 1 fully saturated rings. The van der Waals surface area contributed by atoms with Crippen molar-refractivity contribution in [3.05, 3.63) is 0 Å². The van der Waals surface area contributed by atoms with Gasteiger partial charge < -0.3 is 10.0 Å². The highest BCUT2D eigenvalue weighted by atomic mass is 16.4. The predicted octanol–water partition coefficient (Wildman–Crippen LogP) is 2.92. The Morgan fingerprint density at radius 2 is 1.74 bits per heavy atom. The van der Waals surface area contributed by atoms with E-state index in [0.29, 0.717) is 12.3 Å². The molecule has 0 saturated heterocycles. The summed E-state index contributed by atoms with van der Waals surface area (Å²) in [5.41, 5.74) is -0.469. The van der Waals surface area contributed by atoms with Gasteiger partial charge in [-0.1, -0.05) is 33.1 Å². The van der Waals surface area contributed by atoms with E-state index in [-0.39, 0.29) is 12.3 Å². The third-order valence-electron chi connectivity index (χ3n) is 3.94. The Morgan fingerprint density at radius 3 is 2.26 bits per heavy atom. The topological polar surface area (TPSA) is 57.6 Å². The summed E-state index contributed by atoms with van der Waals surface area (Å²) in [7, 11) is 1.84. The first-order valence-corrected chi connectivity index (χ1v) is 7.26. The van der Waals surface area contributed by atoms with Crippen LogP contribution in [0.2, 0.25) is 0 Å². The molecule has 19 heavy (non-hydrogen) atoms. The van der Waals surface area contributed by atoms with Gasteiger partial charge in [0.25, 0.3) is 0 Å². The molecule has 0 bridgehead atoms. The predicted molar refractivity (Wildman–Crippen MR) is 74.9 cm³/mol. The summed E-state index contributed by atoms with van der Waals surface area (Å²) < 4.78 is 0. The molecule has 1 rings (SSSR count). The molecule has 0 aromatic heterocycles. The van der Waals surface area contributed by atoms with Crippen LogP contribution in [-0.2, 0) is 9.59 Å². The highest BCUT2D eigenvalue weighted by molar-refractivity contribution is 5.77. The van der Waals surface area contributed by atoms with Crippen molar-refractivity contribution in [2.45, 2.75) is 58.8 Å². The summed E-state index contributed by atoms with van der Waals surface area (Å²) in [6.45, 7) is 4.50. The molecule has 4 nitrogen and oxygen atoms in total. The summed E-state index contributed by atoms with van der Waals surface area (Å²) in [5, 5.41) is 8.84. The van der Waals surface area contributed by atoms with E-state index in [0.717, 1.165) is 6.54 Å². The second kappa shape index (κ2) is 6.92. The van der Waals surface area contributed by atoms with Gasteiger partial charge in [-0.3, -0.25) is 9.59 Å². The van der Waals surface area contributed by atoms with Gasteiger partial charge in [0.2, 0.25) is 5.91 Å². The summed E-state index contributed by atoms with van der Waals surface area (Å²) in [5.74, 6) is -0.144. The minimum Gasteiger partial charge on any atom is -0.481 e. The van der Waals surface area contributed by atoms with Gasteiger partial charge in [-0.15, -0.1) is 0 Å². The van der Waals surface area contributed by atoms with Crippen LogP contribution < -0.4 is 0 Å². The molecule has 0 radical (unpaired) electrons. The normalized spacial score (nSPS) is 17.2. The molecule has 4 heteroatoms. The molecule has 0 heterocycles. The quantitative estimate of drug-likeness (QED) is 0.806. The van der Waals surface area contributed by atoms with Crippen LogP contribution in [0.15, 0.2) is 0 Å². The van der Waals surface area contributed by atoms with E-state index in [1.807, 2.05) is 20.9 Å². The summed E-state index contributed by atoms with van der Waals surface area (Å²) in [6.07, 6.45) is 6.65. The highest BCUT2D eigenvalue weighted by Crippen LogP contribution is 2.27. The number of carbonyl (C=O) groups excluding carboxylic acids is 1. The van der Waals surface area contributed by atoms with E-state index in [2.05, 4.69) is 0 Å². The van der Waals surface area contributed by atoms with Crippen molar-refractivity contribution in [2.75, 3.05) is 13.6 Å². The van der Waals surface area contributed by atoms with Crippen molar-refractivity contribution in [3.8, 4) is 0 Å². The Hall–Kier alpha value is -1.06. The van der Waals surface area contributed by atoms with Gasteiger partial charge in [-0.25, -0.2) is 0 Å². The van der Waals surface area contributed by atoms with Crippen LogP contribution in [0.25, 0.3) is 0 Å². The smallest absolute Gasteiger partial charge is 0.303 e. The van der Waals surface area contributed by atoms with Crippen molar-refractivity contribution in [1.29, 1.82) is 0 Å². The number of aliphatic carboxylic acids is 1. The van der Waals surface area contributed by atoms with E-state index in [1.54, 1.807) is 4.90 Å². The van der Waals surface area contributed by atoms with Gasteiger partial charge in [0, 0.05) is 20.0 Å². The van der Waals surface area contributed by atoms with Crippen LogP contribution in [0.1, 0.15) is 58.8 Å². The standard InChI is InChI=1S/C15H27NO3/c1-15(2,10-14(18)19)9-13(17)16(3)11-12-7-5-4-6-8-12/h12H,4-11H2,1-3H3,(H,18,19). The Kier molecular flexibility index (Phi) is 5.83. The van der Waals surface area contributed by atoms with Crippen LogP contribution in [0.5, 0.6) is 0 Å². The first-order valence-electron chi connectivity index (χ1n) is 7.26. The zero-order valence-electron chi connectivity index (χ0n) is 12.4. The van der Waals surface area contributed by atoms with Gasteiger partial charge in [0.15, 0.2) is 0 Å². The second-order valence-electron chi connectivity index (χ2n) is 6.69. The number of rotatable bonds is 6. The fourth-order valence-electron chi connectivity index (χ4n) is 2.88. The summed E-state index contributed by atoms with van der Waals surface area (Å²) in [6, 6.07) is 0. The van der Waals surface area contributed by atoms with Gasteiger partial charge in [-0.2, -0.15) is 0 Å². The zero-order chi connectivity index (χ0) is 14.5. The van der Waals surface area contributed by atoms with Gasteiger partial charge in [0.1, 0.15) is 0 Å². The Labute approximate surface area is 116 Å². The summed E-state index contributed by atoms with van der Waals surface area (Å²) in [4.78, 5) is 24.7. The lowest BCUT2D eigenvalue weighted by molar-refractivity contribution is -0.140. The lowest BCUT2D eigenvalue weighted by atomic mass is 9.84. The van der Waals surface area contributed by atoms with E-state index in [1.165, 1.54) is 32.1 Å². The number of carboxylic acid groups (broad SMARTS) is 1. The molecule has 1 N–H and O–H groups in total. The maximum absolute atomic E-state index is 12.1. The van der Waals surface area contributed by atoms with E-state index < -0.39 is 11.4 Å². The molecule has 110 valence electrons. The largest absolute Gasteiger partial charge is 0.481 e. The van der Waals surface area contributed by atoms with Crippen molar-refractivity contribution >= 4 is 11.9 Å². The molecule has 1 amide bonds. The minimum atomic E-state index is -0.840. The van der Waals surface area contributed by atoms with Crippen molar-refractivity contribution in [2.24, 2.45) is 11.3 Å². The Bertz CT molecular complexity index is 319. The Morgan fingerprint density at radius 1 is 1.16 bits per heavy atom. The van der Waals surface area contributed by atoms with E-state index >= 15 is 0 Å². The average Bonchev–Trinajstić information content (AvgIpc) is 2.27. The SMILES string of the molecule is CN(CC1CCCCC1)C(=O)CC(C)(C)CC(=O)O. The number of nitrogens with zero attached hydrogens (tertiary/aromatic N) is 1. The van der Waals surface area contributed by atoms with E-state index in [9.17, 15) is 9.59 Å².